The molecule has 7 heteroatoms. The van der Waals surface area contributed by atoms with Crippen molar-refractivity contribution in [3.63, 3.8) is 0 Å². The van der Waals surface area contributed by atoms with Gasteiger partial charge in [0.05, 0.1) is 5.75 Å². The average Bonchev–Trinajstić information content (AvgIpc) is 3.11. The third-order valence-electron chi connectivity index (χ3n) is 4.79. The Balaban J connectivity index is 1.46. The highest BCUT2D eigenvalue weighted by atomic mass is 35.5. The van der Waals surface area contributed by atoms with Crippen LogP contribution in [0, 0.1) is 0 Å². The molecule has 152 valence electrons. The molecule has 1 fully saturated rings. The summed E-state index contributed by atoms with van der Waals surface area (Å²) in [5.41, 5.74) is 3.24. The molecule has 0 radical (unpaired) electrons. The van der Waals surface area contributed by atoms with E-state index in [0.717, 1.165) is 11.1 Å². The smallest absolute Gasteiger partial charge is 0.255 e. The second-order valence-electron chi connectivity index (χ2n) is 6.89. The molecule has 1 heterocycles. The molecule has 0 aliphatic carbocycles. The maximum absolute atomic E-state index is 12.5. The number of benzene rings is 3. The fourth-order valence-corrected chi connectivity index (χ4v) is 4.66. The molecule has 0 bridgehead atoms. The van der Waals surface area contributed by atoms with Crippen molar-refractivity contribution >= 4 is 52.5 Å². The summed E-state index contributed by atoms with van der Waals surface area (Å²) in [7, 11) is 0. The van der Waals surface area contributed by atoms with Crippen LogP contribution in [0.25, 0.3) is 0 Å². The van der Waals surface area contributed by atoms with Gasteiger partial charge in [0.25, 0.3) is 5.91 Å². The van der Waals surface area contributed by atoms with Crippen molar-refractivity contribution in [1.29, 1.82) is 0 Å². The first-order chi connectivity index (χ1) is 14.5. The van der Waals surface area contributed by atoms with E-state index in [-0.39, 0.29) is 17.2 Å². The van der Waals surface area contributed by atoms with Crippen LogP contribution in [0.2, 0.25) is 10.0 Å². The van der Waals surface area contributed by atoms with Gasteiger partial charge in [-0.1, -0.05) is 47.5 Å². The van der Waals surface area contributed by atoms with Gasteiger partial charge in [0, 0.05) is 27.8 Å². The maximum Gasteiger partial charge on any atom is 0.255 e. The topological polar surface area (TPSA) is 49.4 Å². The van der Waals surface area contributed by atoms with Gasteiger partial charge in [0.1, 0.15) is 5.37 Å². The Morgan fingerprint density at radius 3 is 2.17 bits per heavy atom. The van der Waals surface area contributed by atoms with Crippen molar-refractivity contribution in [2.75, 3.05) is 11.1 Å². The number of hydrogen-bond acceptors (Lipinski definition) is 3. The zero-order valence-electron chi connectivity index (χ0n) is 15.8. The van der Waals surface area contributed by atoms with E-state index in [1.165, 1.54) is 0 Å². The summed E-state index contributed by atoms with van der Waals surface area (Å²) in [6.45, 7) is 0.520. The van der Waals surface area contributed by atoms with E-state index >= 15 is 0 Å². The average molecular weight is 457 g/mol. The summed E-state index contributed by atoms with van der Waals surface area (Å²) in [4.78, 5) is 26.8. The zero-order chi connectivity index (χ0) is 21.1. The predicted molar refractivity (Wildman–Crippen MR) is 123 cm³/mol. The van der Waals surface area contributed by atoms with Crippen LogP contribution in [-0.2, 0) is 11.3 Å². The molecular weight excluding hydrogens is 439 g/mol. The van der Waals surface area contributed by atoms with Gasteiger partial charge in [0.2, 0.25) is 5.91 Å². The molecule has 2 amide bonds. The lowest BCUT2D eigenvalue weighted by Crippen LogP contribution is -2.27. The molecule has 1 aliphatic rings. The summed E-state index contributed by atoms with van der Waals surface area (Å²) in [6, 6.07) is 21.8. The van der Waals surface area contributed by atoms with E-state index in [9.17, 15) is 9.59 Å². The lowest BCUT2D eigenvalue weighted by molar-refractivity contribution is -0.128. The van der Waals surface area contributed by atoms with Gasteiger partial charge in [-0.2, -0.15) is 0 Å². The first-order valence-corrected chi connectivity index (χ1v) is 11.1. The molecule has 0 unspecified atom stereocenters. The first-order valence-electron chi connectivity index (χ1n) is 9.32. The molecule has 30 heavy (non-hydrogen) atoms. The summed E-state index contributed by atoms with van der Waals surface area (Å²) in [5, 5.41) is 4.05. The Kier molecular flexibility index (Phi) is 6.32. The molecular formula is C23H18Cl2N2O2S. The Morgan fingerprint density at radius 1 is 0.933 bits per heavy atom. The van der Waals surface area contributed by atoms with Gasteiger partial charge in [-0.25, -0.2) is 0 Å². The van der Waals surface area contributed by atoms with E-state index in [0.29, 0.717) is 33.6 Å². The number of hydrogen-bond donors (Lipinski definition) is 1. The van der Waals surface area contributed by atoms with Crippen LogP contribution < -0.4 is 5.32 Å². The zero-order valence-corrected chi connectivity index (χ0v) is 18.2. The van der Waals surface area contributed by atoms with E-state index in [1.807, 2.05) is 41.3 Å². The second-order valence-corrected chi connectivity index (χ2v) is 8.84. The molecule has 0 saturated carbocycles. The van der Waals surface area contributed by atoms with Crippen molar-refractivity contribution in [3.8, 4) is 0 Å². The maximum atomic E-state index is 12.5. The number of thioether (sulfide) groups is 1. The quantitative estimate of drug-likeness (QED) is 0.510. The van der Waals surface area contributed by atoms with Crippen LogP contribution in [0.5, 0.6) is 0 Å². The largest absolute Gasteiger partial charge is 0.322 e. The van der Waals surface area contributed by atoms with Gasteiger partial charge in [0.15, 0.2) is 0 Å². The molecule has 1 saturated heterocycles. The Hall–Kier alpha value is -2.47. The number of carbonyl (C=O) groups is 2. The highest BCUT2D eigenvalue weighted by molar-refractivity contribution is 8.00. The predicted octanol–water partition coefficient (Wildman–Crippen LogP) is 6.02. The van der Waals surface area contributed by atoms with Crippen molar-refractivity contribution < 1.29 is 9.59 Å². The number of carbonyl (C=O) groups excluding carboxylic acids is 2. The van der Waals surface area contributed by atoms with Crippen molar-refractivity contribution in [1.82, 2.24) is 4.90 Å². The Labute approximate surface area is 189 Å². The number of amides is 2. The molecule has 0 spiro atoms. The first kappa shape index (κ1) is 20.8. The SMILES string of the molecule is O=C(Nc1ccc(Cl)cc1)c1ccc([C@H]2SCC(=O)N2Cc2ccc(Cl)cc2)cc1. The summed E-state index contributed by atoms with van der Waals surface area (Å²) >= 11 is 13.4. The summed E-state index contributed by atoms with van der Waals surface area (Å²) in [5.74, 6) is 0.346. The summed E-state index contributed by atoms with van der Waals surface area (Å²) < 4.78 is 0. The van der Waals surface area contributed by atoms with Gasteiger partial charge in [-0.05, 0) is 59.7 Å². The molecule has 3 aromatic rings. The van der Waals surface area contributed by atoms with E-state index in [2.05, 4.69) is 5.32 Å². The van der Waals surface area contributed by atoms with Gasteiger partial charge in [-0.3, -0.25) is 9.59 Å². The molecule has 4 nitrogen and oxygen atoms in total. The third kappa shape index (κ3) is 4.81. The lowest BCUT2D eigenvalue weighted by atomic mass is 10.1. The second kappa shape index (κ2) is 9.13. The highest BCUT2D eigenvalue weighted by Crippen LogP contribution is 2.39. The Bertz CT molecular complexity index is 1050. The van der Waals surface area contributed by atoms with Crippen LogP contribution >= 0.6 is 35.0 Å². The van der Waals surface area contributed by atoms with E-state index in [1.54, 1.807) is 48.2 Å². The fourth-order valence-electron chi connectivity index (χ4n) is 3.22. The molecule has 3 aromatic carbocycles. The van der Waals surface area contributed by atoms with Crippen molar-refractivity contribution in [2.24, 2.45) is 0 Å². The third-order valence-corrected chi connectivity index (χ3v) is 6.55. The number of rotatable bonds is 5. The van der Waals surface area contributed by atoms with Crippen LogP contribution in [0.15, 0.2) is 72.8 Å². The molecule has 4 rings (SSSR count). The van der Waals surface area contributed by atoms with E-state index < -0.39 is 0 Å². The van der Waals surface area contributed by atoms with Crippen LogP contribution in [0.4, 0.5) is 5.69 Å². The highest BCUT2D eigenvalue weighted by Gasteiger charge is 2.32. The van der Waals surface area contributed by atoms with Crippen molar-refractivity contribution in [3.05, 3.63) is 99.5 Å². The Morgan fingerprint density at radius 2 is 1.53 bits per heavy atom. The van der Waals surface area contributed by atoms with E-state index in [4.69, 9.17) is 23.2 Å². The minimum Gasteiger partial charge on any atom is -0.322 e. The number of halogens is 2. The summed E-state index contributed by atoms with van der Waals surface area (Å²) in [6.07, 6.45) is 0. The van der Waals surface area contributed by atoms with Gasteiger partial charge < -0.3 is 10.2 Å². The van der Waals surface area contributed by atoms with Gasteiger partial charge in [-0.15, -0.1) is 11.8 Å². The van der Waals surface area contributed by atoms with Crippen LogP contribution in [0.1, 0.15) is 26.9 Å². The minimum absolute atomic E-state index is 0.0819. The molecule has 1 atom stereocenters. The number of anilines is 1. The standard InChI is InChI=1S/C23H18Cl2N2O2S/c24-18-7-1-15(2-8-18)13-27-21(28)14-30-23(27)17-5-3-16(4-6-17)22(29)26-20-11-9-19(25)10-12-20/h1-12,23H,13-14H2,(H,26,29)/t23-/m1/s1. The normalized spacial score (nSPS) is 16.0. The molecule has 1 aliphatic heterocycles. The molecule has 0 aromatic heterocycles. The van der Waals surface area contributed by atoms with Crippen LogP contribution in [0.3, 0.4) is 0 Å². The van der Waals surface area contributed by atoms with Crippen LogP contribution in [-0.4, -0.2) is 22.5 Å². The van der Waals surface area contributed by atoms with Crippen molar-refractivity contribution in [2.45, 2.75) is 11.9 Å². The molecule has 1 N–H and O–H groups in total. The number of nitrogens with zero attached hydrogens (tertiary/aromatic N) is 1. The lowest BCUT2D eigenvalue weighted by Gasteiger charge is -2.24. The minimum atomic E-state index is -0.197. The monoisotopic (exact) mass is 456 g/mol. The fraction of sp³-hybridized carbons (Fsp3) is 0.130. The number of nitrogens with one attached hydrogen (secondary N) is 1. The van der Waals surface area contributed by atoms with Gasteiger partial charge >= 0.3 is 0 Å².